The van der Waals surface area contributed by atoms with Crippen molar-refractivity contribution in [2.24, 2.45) is 0 Å². The van der Waals surface area contributed by atoms with Gasteiger partial charge in [-0.15, -0.1) is 0 Å². The molecule has 1 aromatic carbocycles. The van der Waals surface area contributed by atoms with Gasteiger partial charge in [0.2, 0.25) is 5.91 Å². The summed E-state index contributed by atoms with van der Waals surface area (Å²) in [6.45, 7) is 0.768. The number of sulfone groups is 1. The number of nitrogens with one attached hydrogen (secondary N) is 2. The van der Waals surface area contributed by atoms with Crippen molar-refractivity contribution >= 4 is 33.0 Å². The summed E-state index contributed by atoms with van der Waals surface area (Å²) in [7, 11) is -3.66. The zero-order valence-electron chi connectivity index (χ0n) is 20.3. The second-order valence-corrected chi connectivity index (χ2v) is 11.7. The molecule has 0 aliphatic carbocycles. The smallest absolute Gasteiger partial charge is 0.367 e. The van der Waals surface area contributed by atoms with Crippen molar-refractivity contribution in [1.29, 1.82) is 5.26 Å². The highest BCUT2D eigenvalue weighted by Gasteiger charge is 2.49. The number of nitrogens with zero attached hydrogens (tertiary/aromatic N) is 5. The first-order chi connectivity index (χ1) is 18.3. The van der Waals surface area contributed by atoms with E-state index in [-0.39, 0.29) is 34.9 Å². The topological polar surface area (TPSA) is 150 Å². The fraction of sp³-hybridized carbons (Fsp3) is 0.292. The van der Waals surface area contributed by atoms with E-state index in [4.69, 9.17) is 5.26 Å². The Hall–Kier alpha value is -4.45. The average Bonchev–Trinajstić information content (AvgIpc) is 3.19. The van der Waals surface area contributed by atoms with Gasteiger partial charge in [0.05, 0.1) is 28.9 Å². The van der Waals surface area contributed by atoms with E-state index >= 15 is 0 Å². The van der Waals surface area contributed by atoms with Crippen molar-refractivity contribution in [3.63, 3.8) is 0 Å². The van der Waals surface area contributed by atoms with E-state index < -0.39 is 44.7 Å². The monoisotopic (exact) mass is 559 g/mol. The first kappa shape index (κ1) is 26.2. The van der Waals surface area contributed by atoms with Gasteiger partial charge in [0.25, 0.3) is 5.91 Å². The summed E-state index contributed by atoms with van der Waals surface area (Å²) in [6.07, 6.45) is -2.25. The van der Waals surface area contributed by atoms with E-state index in [1.165, 1.54) is 35.1 Å². The van der Waals surface area contributed by atoms with Crippen LogP contribution < -0.4 is 15.5 Å². The van der Waals surface area contributed by atoms with Crippen LogP contribution in [0.4, 0.5) is 24.5 Å². The molecular formula is C24H20F3N7O4S. The lowest BCUT2D eigenvalue weighted by atomic mass is 9.87. The molecule has 2 aromatic heterocycles. The molecule has 2 aliphatic heterocycles. The first-order valence-electron chi connectivity index (χ1n) is 11.5. The van der Waals surface area contributed by atoms with Gasteiger partial charge >= 0.3 is 6.18 Å². The number of rotatable bonds is 5. The van der Waals surface area contributed by atoms with Crippen LogP contribution in [0.3, 0.4) is 0 Å². The zero-order chi connectivity index (χ0) is 28.2. The van der Waals surface area contributed by atoms with Crippen LogP contribution in [0, 0.1) is 11.3 Å². The third-order valence-corrected chi connectivity index (χ3v) is 7.12. The van der Waals surface area contributed by atoms with Gasteiger partial charge in [-0.1, -0.05) is 0 Å². The quantitative estimate of drug-likeness (QED) is 0.481. The molecule has 2 aliphatic rings. The Labute approximate surface area is 220 Å². The van der Waals surface area contributed by atoms with E-state index in [0.29, 0.717) is 18.8 Å². The summed E-state index contributed by atoms with van der Waals surface area (Å²) in [5.41, 5.74) is -0.366. The highest BCUT2D eigenvalue weighted by molar-refractivity contribution is 7.91. The van der Waals surface area contributed by atoms with Gasteiger partial charge in [0, 0.05) is 31.2 Å². The number of carbonyl (C=O) groups is 2. The fourth-order valence-corrected chi connectivity index (χ4v) is 5.20. The molecule has 5 rings (SSSR count). The number of hydrogen-bond donors (Lipinski definition) is 2. The molecule has 3 aromatic rings. The SMILES string of the molecule is CS(=O)(=O)CC(=O)Nc1c(-c2ccc(C#N)cn2)nn2c1C(=O)NC1(CN(c3ccc(C(F)(F)F)cc3)C1)C2. The molecule has 0 radical (unpaired) electrons. The van der Waals surface area contributed by atoms with Crippen LogP contribution in [0.5, 0.6) is 0 Å². The van der Waals surface area contributed by atoms with Gasteiger partial charge in [-0.2, -0.15) is 23.5 Å². The van der Waals surface area contributed by atoms with Crippen LogP contribution in [-0.2, 0) is 27.4 Å². The van der Waals surface area contributed by atoms with Gasteiger partial charge in [-0.3, -0.25) is 19.3 Å². The Kier molecular flexibility index (Phi) is 6.10. The Morgan fingerprint density at radius 3 is 2.44 bits per heavy atom. The predicted molar refractivity (Wildman–Crippen MR) is 132 cm³/mol. The summed E-state index contributed by atoms with van der Waals surface area (Å²) in [6, 6.07) is 9.63. The number of carbonyl (C=O) groups excluding carboxylic acids is 2. The second-order valence-electron chi connectivity index (χ2n) is 9.53. The van der Waals surface area contributed by atoms with E-state index in [1.807, 2.05) is 11.0 Å². The molecule has 0 atom stereocenters. The lowest BCUT2D eigenvalue weighted by molar-refractivity contribution is -0.137. The normalized spacial score (nSPS) is 16.2. The minimum absolute atomic E-state index is 0.00313. The molecular weight excluding hydrogens is 539 g/mol. The summed E-state index contributed by atoms with van der Waals surface area (Å²) in [5.74, 6) is -2.25. The van der Waals surface area contributed by atoms with Gasteiger partial charge in [-0.05, 0) is 36.4 Å². The number of halogens is 3. The summed E-state index contributed by atoms with van der Waals surface area (Å²) < 4.78 is 63.3. The molecule has 39 heavy (non-hydrogen) atoms. The van der Waals surface area contributed by atoms with Gasteiger partial charge in [0.15, 0.2) is 15.5 Å². The maximum Gasteiger partial charge on any atom is 0.416 e. The molecule has 0 bridgehead atoms. The van der Waals surface area contributed by atoms with Crippen LogP contribution in [0.1, 0.15) is 21.6 Å². The van der Waals surface area contributed by atoms with Crippen LogP contribution in [0.2, 0.25) is 0 Å². The number of amides is 2. The molecule has 1 spiro atoms. The van der Waals surface area contributed by atoms with Crippen molar-refractivity contribution in [3.05, 3.63) is 59.4 Å². The van der Waals surface area contributed by atoms with E-state index in [1.54, 1.807) is 0 Å². The Bertz CT molecular complexity index is 1620. The molecule has 15 heteroatoms. The summed E-state index contributed by atoms with van der Waals surface area (Å²) in [4.78, 5) is 31.8. The van der Waals surface area contributed by atoms with Crippen molar-refractivity contribution < 1.29 is 31.2 Å². The molecule has 11 nitrogen and oxygen atoms in total. The number of pyridine rings is 1. The summed E-state index contributed by atoms with van der Waals surface area (Å²) in [5, 5.41) is 18.9. The summed E-state index contributed by atoms with van der Waals surface area (Å²) >= 11 is 0. The second kappa shape index (κ2) is 9.09. The van der Waals surface area contributed by atoms with Crippen molar-refractivity contribution in [3.8, 4) is 17.5 Å². The Balaban J connectivity index is 1.44. The lowest BCUT2D eigenvalue weighted by Crippen LogP contribution is -2.74. The van der Waals surface area contributed by atoms with Gasteiger partial charge in [0.1, 0.15) is 23.2 Å². The van der Waals surface area contributed by atoms with Gasteiger partial charge in [-0.25, -0.2) is 8.42 Å². The van der Waals surface area contributed by atoms with Gasteiger partial charge < -0.3 is 15.5 Å². The van der Waals surface area contributed by atoms with Crippen LogP contribution >= 0.6 is 0 Å². The highest BCUT2D eigenvalue weighted by Crippen LogP contribution is 2.38. The van der Waals surface area contributed by atoms with Crippen LogP contribution in [0.15, 0.2) is 42.6 Å². The van der Waals surface area contributed by atoms with Crippen LogP contribution in [-0.4, -0.2) is 65.6 Å². The molecule has 0 saturated carbocycles. The maximum absolute atomic E-state index is 13.3. The number of benzene rings is 1. The first-order valence-corrected chi connectivity index (χ1v) is 13.5. The van der Waals surface area contributed by atoms with Crippen molar-refractivity contribution in [2.45, 2.75) is 18.3 Å². The maximum atomic E-state index is 13.3. The standard InChI is InChI=1S/C24H20F3N7O4S/c1-39(37,38)10-18(35)30-20-19(17-7-2-14(8-28)9-29-17)32-34-13-23(31-22(36)21(20)34)11-33(12-23)16-5-3-15(4-6-16)24(25,26)27/h2-7,9H,10-13H2,1H3,(H,30,35)(H,31,36). The molecule has 0 unspecified atom stereocenters. The lowest BCUT2D eigenvalue weighted by Gasteiger charge is -2.53. The number of hydrogen-bond acceptors (Lipinski definition) is 8. The number of aromatic nitrogens is 3. The van der Waals surface area contributed by atoms with Crippen molar-refractivity contribution in [2.75, 3.05) is 35.3 Å². The number of fused-ring (bicyclic) bond motifs is 1. The highest BCUT2D eigenvalue weighted by atomic mass is 32.2. The molecule has 2 amide bonds. The van der Waals surface area contributed by atoms with E-state index in [0.717, 1.165) is 18.4 Å². The minimum Gasteiger partial charge on any atom is -0.367 e. The molecule has 202 valence electrons. The Morgan fingerprint density at radius 2 is 1.87 bits per heavy atom. The Morgan fingerprint density at radius 1 is 1.18 bits per heavy atom. The third-order valence-electron chi connectivity index (χ3n) is 6.34. The molecule has 4 heterocycles. The number of nitriles is 1. The zero-order valence-corrected chi connectivity index (χ0v) is 21.1. The number of anilines is 2. The molecule has 1 saturated heterocycles. The predicted octanol–water partition coefficient (Wildman–Crippen LogP) is 1.82. The molecule has 2 N–H and O–H groups in total. The molecule has 1 fully saturated rings. The van der Waals surface area contributed by atoms with Crippen LogP contribution in [0.25, 0.3) is 11.4 Å². The van der Waals surface area contributed by atoms with E-state index in [2.05, 4.69) is 20.7 Å². The fourth-order valence-electron chi connectivity index (χ4n) is 4.65. The average molecular weight is 560 g/mol. The minimum atomic E-state index is -4.45. The largest absolute Gasteiger partial charge is 0.416 e. The van der Waals surface area contributed by atoms with E-state index in [9.17, 15) is 31.2 Å². The van der Waals surface area contributed by atoms with Crippen molar-refractivity contribution in [1.82, 2.24) is 20.1 Å². The number of alkyl halides is 3. The third kappa shape index (κ3) is 5.15.